The van der Waals surface area contributed by atoms with E-state index < -0.39 is 0 Å². The van der Waals surface area contributed by atoms with Gasteiger partial charge in [-0.25, -0.2) is 0 Å². The Balaban J connectivity index is 1.16. The van der Waals surface area contributed by atoms with Gasteiger partial charge in [-0.2, -0.15) is 0 Å². The standard InChI is InChI=1S/C52H54Cl2N6O6S/c1-35(61)55-21-25-59(26-22-55)47(63)15-9-37-7-13-45(51(53)49(37)41-5-11-43-39(33-41)17-19-57(43)29-31-65-3)67-46-14-8-38(10-16-48(64)60-27-23-56(24-28-60)36(2)62)50(52(46)54)42-6-12-44-40(34-42)18-20-58(44)30-32-66-4/h5-20,33-34H,21-32H2,1-4H3. The summed E-state index contributed by atoms with van der Waals surface area (Å²) in [7, 11) is 3.38. The maximum absolute atomic E-state index is 13.5. The number of nitrogens with zero attached hydrogens (tertiary/aromatic N) is 6. The van der Waals surface area contributed by atoms with Crippen molar-refractivity contribution < 1.29 is 28.7 Å². The van der Waals surface area contributed by atoms with E-state index in [1.165, 1.54) is 11.8 Å². The van der Waals surface area contributed by atoms with E-state index in [2.05, 4.69) is 57.7 Å². The van der Waals surface area contributed by atoms with Crippen molar-refractivity contribution in [3.63, 3.8) is 0 Å². The predicted octanol–water partition coefficient (Wildman–Crippen LogP) is 9.09. The van der Waals surface area contributed by atoms with Gasteiger partial charge in [-0.1, -0.05) is 59.2 Å². The minimum Gasteiger partial charge on any atom is -0.383 e. The maximum atomic E-state index is 13.5. The highest BCUT2D eigenvalue weighted by Gasteiger charge is 2.24. The fourth-order valence-electron chi connectivity index (χ4n) is 8.78. The van der Waals surface area contributed by atoms with Crippen LogP contribution in [0, 0.1) is 0 Å². The van der Waals surface area contributed by atoms with Crippen molar-refractivity contribution in [2.75, 3.05) is 79.8 Å². The second-order valence-electron chi connectivity index (χ2n) is 16.7. The van der Waals surface area contributed by atoms with E-state index in [0.29, 0.717) is 88.7 Å². The molecule has 15 heteroatoms. The summed E-state index contributed by atoms with van der Waals surface area (Å²) in [6, 6.07) is 24.5. The lowest BCUT2D eigenvalue weighted by Gasteiger charge is -2.33. The molecule has 0 radical (unpaired) electrons. The molecule has 0 saturated carbocycles. The Labute approximate surface area is 405 Å². The molecule has 0 bridgehead atoms. The smallest absolute Gasteiger partial charge is 0.246 e. The normalized spacial score (nSPS) is 14.7. The van der Waals surface area contributed by atoms with Gasteiger partial charge in [-0.05, 0) is 82.9 Å². The van der Waals surface area contributed by atoms with Gasteiger partial charge in [-0.3, -0.25) is 19.2 Å². The number of benzene rings is 4. The van der Waals surface area contributed by atoms with E-state index in [9.17, 15) is 19.2 Å². The van der Waals surface area contributed by atoms with Crippen molar-refractivity contribution in [2.45, 2.75) is 36.7 Å². The second kappa shape index (κ2) is 21.4. The first-order valence-corrected chi connectivity index (χ1v) is 24.0. The van der Waals surface area contributed by atoms with Crippen molar-refractivity contribution in [3.05, 3.63) is 119 Å². The lowest BCUT2D eigenvalue weighted by molar-refractivity contribution is -0.135. The number of rotatable bonds is 14. The highest BCUT2D eigenvalue weighted by molar-refractivity contribution is 7.99. The van der Waals surface area contributed by atoms with Crippen LogP contribution in [-0.2, 0) is 41.7 Å². The fraction of sp³-hybridized carbons (Fsp3) is 0.308. The molecule has 6 aromatic rings. The number of aromatic nitrogens is 2. The molecule has 0 spiro atoms. The van der Waals surface area contributed by atoms with E-state index in [1.54, 1.807) is 59.8 Å². The Bertz CT molecular complexity index is 2700. The number of amides is 4. The summed E-state index contributed by atoms with van der Waals surface area (Å²) in [6.07, 6.45) is 10.9. The molecule has 4 heterocycles. The topological polar surface area (TPSA) is 110 Å². The number of fused-ring (bicyclic) bond motifs is 2. The molecule has 8 rings (SSSR count). The summed E-state index contributed by atoms with van der Waals surface area (Å²) >= 11 is 16.5. The molecule has 2 aliphatic heterocycles. The number of carbonyl (C=O) groups excluding carboxylic acids is 4. The highest BCUT2D eigenvalue weighted by atomic mass is 35.5. The summed E-state index contributed by atoms with van der Waals surface area (Å²) in [5, 5.41) is 3.08. The monoisotopic (exact) mass is 960 g/mol. The third-order valence-corrected chi connectivity index (χ3v) is 14.7. The van der Waals surface area contributed by atoms with Gasteiger partial charge in [0.1, 0.15) is 0 Å². The molecular formula is C52H54Cl2N6O6S. The molecule has 0 unspecified atom stereocenters. The van der Waals surface area contributed by atoms with Crippen LogP contribution < -0.4 is 0 Å². The summed E-state index contributed by atoms with van der Waals surface area (Å²) in [5.41, 5.74) is 6.98. The zero-order chi connectivity index (χ0) is 47.2. The molecular weight excluding hydrogens is 908 g/mol. The van der Waals surface area contributed by atoms with E-state index in [4.69, 9.17) is 32.7 Å². The Kier molecular flexibility index (Phi) is 15.2. The first kappa shape index (κ1) is 47.7. The Morgan fingerprint density at radius 3 is 1.31 bits per heavy atom. The van der Waals surface area contributed by atoms with Gasteiger partial charge in [0.2, 0.25) is 23.6 Å². The van der Waals surface area contributed by atoms with Gasteiger partial charge in [0.15, 0.2) is 0 Å². The van der Waals surface area contributed by atoms with Gasteiger partial charge >= 0.3 is 0 Å². The molecule has 67 heavy (non-hydrogen) atoms. The molecule has 4 amide bonds. The zero-order valence-corrected chi connectivity index (χ0v) is 40.5. The van der Waals surface area contributed by atoms with Crippen molar-refractivity contribution in [1.82, 2.24) is 28.7 Å². The second-order valence-corrected chi connectivity index (χ2v) is 18.5. The number of carbonyl (C=O) groups is 4. The number of ether oxygens (including phenoxy) is 2. The summed E-state index contributed by atoms with van der Waals surface area (Å²) in [5.74, 6) is -0.256. The molecule has 4 aromatic carbocycles. The van der Waals surface area contributed by atoms with Crippen LogP contribution in [0.2, 0.25) is 10.0 Å². The zero-order valence-electron chi connectivity index (χ0n) is 38.2. The molecule has 2 aliphatic rings. The summed E-state index contributed by atoms with van der Waals surface area (Å²) < 4.78 is 15.0. The van der Waals surface area contributed by atoms with Gasteiger partial charge in [0.25, 0.3) is 0 Å². The SMILES string of the molecule is COCCn1ccc2cc(-c3c(C=CC(=O)N4CCN(C(C)=O)CC4)ccc(Sc4ccc(C=CC(=O)N5CCN(C(C)=O)CC5)c(-c5ccc6c(ccn6CCOC)c5)c4Cl)c3Cl)ccc21. The quantitative estimate of drug-likeness (QED) is 0.100. The molecule has 12 nitrogen and oxygen atoms in total. The fourth-order valence-corrected chi connectivity index (χ4v) is 10.5. The Morgan fingerprint density at radius 2 is 0.940 bits per heavy atom. The molecule has 348 valence electrons. The number of hydrogen-bond acceptors (Lipinski definition) is 7. The lowest BCUT2D eigenvalue weighted by atomic mass is 9.97. The average Bonchev–Trinajstić information content (AvgIpc) is 3.95. The molecule has 2 saturated heterocycles. The van der Waals surface area contributed by atoms with Crippen molar-refractivity contribution in [3.8, 4) is 22.3 Å². The van der Waals surface area contributed by atoms with E-state index in [0.717, 1.165) is 65.0 Å². The van der Waals surface area contributed by atoms with Gasteiger partial charge < -0.3 is 38.2 Å². The third kappa shape index (κ3) is 10.7. The number of methoxy groups -OCH3 is 2. The lowest BCUT2D eigenvalue weighted by Crippen LogP contribution is -2.49. The molecule has 0 aliphatic carbocycles. The molecule has 0 N–H and O–H groups in total. The number of halogens is 2. The highest BCUT2D eigenvalue weighted by Crippen LogP contribution is 2.47. The summed E-state index contributed by atoms with van der Waals surface area (Å²) in [4.78, 5) is 59.4. The van der Waals surface area contributed by atoms with Crippen LogP contribution in [0.15, 0.2) is 107 Å². The van der Waals surface area contributed by atoms with Crippen molar-refractivity contribution >= 4 is 92.6 Å². The molecule has 2 aromatic heterocycles. The first-order valence-electron chi connectivity index (χ1n) is 22.4. The number of hydrogen-bond donors (Lipinski definition) is 0. The average molecular weight is 962 g/mol. The van der Waals surface area contributed by atoms with Crippen molar-refractivity contribution in [1.29, 1.82) is 0 Å². The van der Waals surface area contributed by atoms with Crippen LogP contribution in [0.4, 0.5) is 0 Å². The van der Waals surface area contributed by atoms with E-state index in [-0.39, 0.29) is 23.6 Å². The largest absolute Gasteiger partial charge is 0.383 e. The van der Waals surface area contributed by atoms with Gasteiger partial charge in [-0.15, -0.1) is 0 Å². The summed E-state index contributed by atoms with van der Waals surface area (Å²) in [6.45, 7) is 9.54. The van der Waals surface area contributed by atoms with Crippen LogP contribution in [-0.4, -0.2) is 132 Å². The number of piperazine rings is 2. The van der Waals surface area contributed by atoms with Gasteiger partial charge in [0.05, 0.1) is 23.3 Å². The van der Waals surface area contributed by atoms with E-state index in [1.807, 2.05) is 48.8 Å². The third-order valence-electron chi connectivity index (χ3n) is 12.6. The van der Waals surface area contributed by atoms with Crippen LogP contribution in [0.3, 0.4) is 0 Å². The van der Waals surface area contributed by atoms with E-state index >= 15 is 0 Å². The Hall–Kier alpha value is -5.83. The maximum Gasteiger partial charge on any atom is 0.246 e. The van der Waals surface area contributed by atoms with Crippen LogP contribution in [0.25, 0.3) is 56.2 Å². The van der Waals surface area contributed by atoms with Crippen LogP contribution >= 0.6 is 35.0 Å². The Morgan fingerprint density at radius 1 is 0.552 bits per heavy atom. The molecule has 0 atom stereocenters. The first-order chi connectivity index (χ1) is 32.4. The van der Waals surface area contributed by atoms with Crippen LogP contribution in [0.5, 0.6) is 0 Å². The minimum atomic E-state index is -0.134. The van der Waals surface area contributed by atoms with Crippen LogP contribution in [0.1, 0.15) is 25.0 Å². The van der Waals surface area contributed by atoms with Crippen molar-refractivity contribution in [2.24, 2.45) is 0 Å². The minimum absolute atomic E-state index is 0.00652. The predicted molar refractivity (Wildman–Crippen MR) is 268 cm³/mol. The van der Waals surface area contributed by atoms with Gasteiger partial charge in [0, 0.05) is 161 Å². The molecule has 2 fully saturated rings.